The molecule has 0 aromatic heterocycles. The highest BCUT2D eigenvalue weighted by atomic mass is 16.5. The Morgan fingerprint density at radius 1 is 1.00 bits per heavy atom. The first-order valence-corrected chi connectivity index (χ1v) is 8.65. The van der Waals surface area contributed by atoms with Crippen LogP contribution in [0.15, 0.2) is 65.8 Å². The lowest BCUT2D eigenvalue weighted by atomic mass is 9.91. The molecule has 2 aromatic rings. The molecule has 136 valence electrons. The van der Waals surface area contributed by atoms with Gasteiger partial charge in [0.1, 0.15) is 0 Å². The lowest BCUT2D eigenvalue weighted by molar-refractivity contribution is -0.145. The maximum Gasteiger partial charge on any atom is 0.314 e. The number of nitrogens with one attached hydrogen (secondary N) is 1. The minimum absolute atomic E-state index is 0.252. The molecule has 0 radical (unpaired) electrons. The van der Waals surface area contributed by atoms with E-state index < -0.39 is 11.8 Å². The molecule has 5 heteroatoms. The molecule has 2 rings (SSSR count). The monoisotopic (exact) mass is 352 g/mol. The topological polar surface area (TPSA) is 67.8 Å². The first-order valence-electron chi connectivity index (χ1n) is 8.65. The number of esters is 1. The summed E-state index contributed by atoms with van der Waals surface area (Å²) in [5, 5.41) is 4.12. The van der Waals surface area contributed by atoms with Crippen molar-refractivity contribution in [1.29, 1.82) is 0 Å². The normalized spacial score (nSPS) is 12.5. The van der Waals surface area contributed by atoms with Crippen LogP contribution < -0.4 is 5.43 Å². The molecule has 26 heavy (non-hydrogen) atoms. The van der Waals surface area contributed by atoms with E-state index in [0.29, 0.717) is 12.3 Å². The number of rotatable bonds is 7. The molecule has 0 unspecified atom stereocenters. The van der Waals surface area contributed by atoms with Crippen molar-refractivity contribution in [3.63, 3.8) is 0 Å². The lowest BCUT2D eigenvalue weighted by Gasteiger charge is -2.17. The van der Waals surface area contributed by atoms with E-state index in [4.69, 9.17) is 4.74 Å². The average Bonchev–Trinajstić information content (AvgIpc) is 2.67. The summed E-state index contributed by atoms with van der Waals surface area (Å²) in [6.45, 7) is 5.47. The van der Waals surface area contributed by atoms with Crippen LogP contribution in [0.25, 0.3) is 0 Å². The van der Waals surface area contributed by atoms with Crippen molar-refractivity contribution < 1.29 is 14.3 Å². The number of carbonyl (C=O) groups excluding carboxylic acids is 2. The number of amides is 1. The van der Waals surface area contributed by atoms with Crippen LogP contribution >= 0.6 is 0 Å². The van der Waals surface area contributed by atoms with Crippen molar-refractivity contribution in [3.05, 3.63) is 71.8 Å². The Bertz CT molecular complexity index is 718. The Morgan fingerprint density at radius 3 is 1.96 bits per heavy atom. The number of carbonyl (C=O) groups is 2. The second kappa shape index (κ2) is 9.51. The Kier molecular flexibility index (Phi) is 7.09. The minimum atomic E-state index is -0.512. The smallest absolute Gasteiger partial charge is 0.314 e. The zero-order valence-corrected chi connectivity index (χ0v) is 15.3. The fourth-order valence-corrected chi connectivity index (χ4v) is 2.53. The van der Waals surface area contributed by atoms with Crippen LogP contribution in [0.3, 0.4) is 0 Å². The predicted molar refractivity (Wildman–Crippen MR) is 102 cm³/mol. The van der Waals surface area contributed by atoms with E-state index >= 15 is 0 Å². The number of ether oxygens (including phenoxy) is 1. The summed E-state index contributed by atoms with van der Waals surface area (Å²) >= 11 is 0. The summed E-state index contributed by atoms with van der Waals surface area (Å²) in [7, 11) is 0. The zero-order chi connectivity index (χ0) is 18.9. The average molecular weight is 352 g/mol. The quantitative estimate of drug-likeness (QED) is 0.471. The predicted octanol–water partition coefficient (Wildman–Crippen LogP) is 3.51. The van der Waals surface area contributed by atoms with E-state index in [2.05, 4.69) is 10.5 Å². The fraction of sp³-hybridized carbons (Fsp3) is 0.286. The van der Waals surface area contributed by atoms with Gasteiger partial charge in [-0.3, -0.25) is 9.59 Å². The van der Waals surface area contributed by atoms with E-state index in [9.17, 15) is 9.59 Å². The Hall–Kier alpha value is -2.95. The molecule has 1 amide bonds. The minimum Gasteiger partial charge on any atom is -0.465 e. The number of benzene rings is 2. The molecule has 1 N–H and O–H groups in total. The van der Waals surface area contributed by atoms with Gasteiger partial charge in [-0.25, -0.2) is 5.43 Å². The summed E-state index contributed by atoms with van der Waals surface area (Å²) in [5.74, 6) is -1.60. The maximum absolute atomic E-state index is 12.8. The highest BCUT2D eigenvalue weighted by Crippen LogP contribution is 2.24. The summed E-state index contributed by atoms with van der Waals surface area (Å²) < 4.78 is 4.99. The van der Waals surface area contributed by atoms with Gasteiger partial charge < -0.3 is 4.74 Å². The molecule has 5 nitrogen and oxygen atoms in total. The van der Waals surface area contributed by atoms with Gasteiger partial charge >= 0.3 is 5.97 Å². The molecule has 0 aliphatic carbocycles. The maximum atomic E-state index is 12.8. The van der Waals surface area contributed by atoms with E-state index in [1.54, 1.807) is 20.8 Å². The van der Waals surface area contributed by atoms with Crippen molar-refractivity contribution >= 4 is 17.6 Å². The van der Waals surface area contributed by atoms with Crippen LogP contribution in [-0.2, 0) is 14.3 Å². The third-order valence-electron chi connectivity index (χ3n) is 4.14. The van der Waals surface area contributed by atoms with E-state index in [-0.39, 0.29) is 11.9 Å². The standard InChI is InChI=1S/C21H24N2O3/c1-4-26-21(25)15(2)16(3)22-23-20(24)19(17-11-7-5-8-12-17)18-13-9-6-10-14-18/h5-15,19H,4H2,1-3H3,(H,23,24)/b22-16-/t15-/m0/s1. The molecule has 2 aromatic carbocycles. The first kappa shape index (κ1) is 19.4. The fourth-order valence-electron chi connectivity index (χ4n) is 2.53. The van der Waals surface area contributed by atoms with Crippen molar-refractivity contribution in [3.8, 4) is 0 Å². The van der Waals surface area contributed by atoms with Gasteiger partial charge in [-0.15, -0.1) is 0 Å². The largest absolute Gasteiger partial charge is 0.465 e. The van der Waals surface area contributed by atoms with Crippen LogP contribution in [0.5, 0.6) is 0 Å². The molecule has 0 saturated heterocycles. The third kappa shape index (κ3) is 5.02. The van der Waals surface area contributed by atoms with E-state index in [0.717, 1.165) is 11.1 Å². The van der Waals surface area contributed by atoms with Crippen molar-refractivity contribution in [2.24, 2.45) is 11.0 Å². The van der Waals surface area contributed by atoms with Gasteiger partial charge in [0.15, 0.2) is 0 Å². The van der Waals surface area contributed by atoms with Crippen molar-refractivity contribution in [2.75, 3.05) is 6.61 Å². The summed E-state index contributed by atoms with van der Waals surface area (Å²) in [6.07, 6.45) is 0. The zero-order valence-electron chi connectivity index (χ0n) is 15.3. The van der Waals surface area contributed by atoms with Gasteiger partial charge in [-0.1, -0.05) is 60.7 Å². The van der Waals surface area contributed by atoms with Gasteiger partial charge in [-0.2, -0.15) is 5.10 Å². The van der Waals surface area contributed by atoms with E-state index in [1.807, 2.05) is 60.7 Å². The molecular formula is C21H24N2O3. The summed E-state index contributed by atoms with van der Waals surface area (Å²) in [6, 6.07) is 19.1. The highest BCUT2D eigenvalue weighted by molar-refractivity contribution is 6.01. The van der Waals surface area contributed by atoms with Crippen LogP contribution in [0.1, 0.15) is 37.8 Å². The Morgan fingerprint density at radius 2 is 1.50 bits per heavy atom. The van der Waals surface area contributed by atoms with Gasteiger partial charge in [0.25, 0.3) is 5.91 Å². The van der Waals surface area contributed by atoms with Gasteiger partial charge in [-0.05, 0) is 31.9 Å². The number of nitrogens with zero attached hydrogens (tertiary/aromatic N) is 1. The first-order chi connectivity index (χ1) is 12.5. The third-order valence-corrected chi connectivity index (χ3v) is 4.14. The van der Waals surface area contributed by atoms with Crippen LogP contribution in [-0.4, -0.2) is 24.2 Å². The number of hydrogen-bond donors (Lipinski definition) is 1. The molecule has 0 spiro atoms. The SMILES string of the molecule is CCOC(=O)[C@@H](C)/C(C)=N\NC(=O)C(c1ccccc1)c1ccccc1. The highest BCUT2D eigenvalue weighted by Gasteiger charge is 2.23. The van der Waals surface area contributed by atoms with E-state index in [1.165, 1.54) is 0 Å². The Labute approximate surface area is 154 Å². The Balaban J connectivity index is 2.20. The second-order valence-corrected chi connectivity index (χ2v) is 5.96. The molecule has 0 fully saturated rings. The molecular weight excluding hydrogens is 328 g/mol. The second-order valence-electron chi connectivity index (χ2n) is 5.96. The van der Waals surface area contributed by atoms with Gasteiger partial charge in [0, 0.05) is 5.71 Å². The van der Waals surface area contributed by atoms with Crippen LogP contribution in [0.2, 0.25) is 0 Å². The molecule has 0 aliphatic rings. The lowest BCUT2D eigenvalue weighted by Crippen LogP contribution is -2.29. The molecule has 0 aliphatic heterocycles. The van der Waals surface area contributed by atoms with Crippen molar-refractivity contribution in [1.82, 2.24) is 5.43 Å². The molecule has 0 bridgehead atoms. The number of hydrogen-bond acceptors (Lipinski definition) is 4. The van der Waals surface area contributed by atoms with Crippen LogP contribution in [0, 0.1) is 5.92 Å². The van der Waals surface area contributed by atoms with Gasteiger partial charge in [0.05, 0.1) is 18.4 Å². The van der Waals surface area contributed by atoms with Gasteiger partial charge in [0.2, 0.25) is 0 Å². The summed E-state index contributed by atoms with van der Waals surface area (Å²) in [5.41, 5.74) is 4.85. The molecule has 1 atom stereocenters. The molecule has 0 heterocycles. The van der Waals surface area contributed by atoms with Crippen molar-refractivity contribution in [2.45, 2.75) is 26.7 Å². The number of hydrazone groups is 1. The molecule has 0 saturated carbocycles. The van der Waals surface area contributed by atoms with Crippen LogP contribution in [0.4, 0.5) is 0 Å². The summed E-state index contributed by atoms with van der Waals surface area (Å²) in [4.78, 5) is 24.6.